The smallest absolute Gasteiger partial charge is 0.227 e. The summed E-state index contributed by atoms with van der Waals surface area (Å²) in [6, 6.07) is 6.41. The molecule has 20 heavy (non-hydrogen) atoms. The minimum absolute atomic E-state index is 0.240. The van der Waals surface area contributed by atoms with Gasteiger partial charge in [0.05, 0.1) is 12.5 Å². The molecule has 1 saturated heterocycles. The lowest BCUT2D eigenvalue weighted by molar-refractivity contribution is -0.132. The van der Waals surface area contributed by atoms with Crippen LogP contribution in [-0.2, 0) is 11.2 Å². The maximum absolute atomic E-state index is 12.4. The monoisotopic (exact) mass is 289 g/mol. The Hall–Kier alpha value is -1.62. The van der Waals surface area contributed by atoms with Crippen LogP contribution >= 0.6 is 11.3 Å². The van der Waals surface area contributed by atoms with E-state index in [1.807, 2.05) is 21.8 Å². The second-order valence-electron chi connectivity index (χ2n) is 5.31. The summed E-state index contributed by atoms with van der Waals surface area (Å²) in [5.41, 5.74) is 0. The highest BCUT2D eigenvalue weighted by Crippen LogP contribution is 2.22. The van der Waals surface area contributed by atoms with E-state index in [9.17, 15) is 4.79 Å². The SMILES string of the molecule is Cc1ccc(CC(=O)N2CCC[C@H](n3cccn3)C2)s1. The number of aromatic nitrogens is 2. The lowest BCUT2D eigenvalue weighted by atomic mass is 10.1. The lowest BCUT2D eigenvalue weighted by Crippen LogP contribution is -2.41. The predicted octanol–water partition coefficient (Wildman–Crippen LogP) is 2.66. The molecule has 1 aliphatic heterocycles. The van der Waals surface area contributed by atoms with Gasteiger partial charge in [-0.05, 0) is 38.0 Å². The number of hydrogen-bond donors (Lipinski definition) is 0. The zero-order chi connectivity index (χ0) is 13.9. The molecule has 0 aromatic carbocycles. The summed E-state index contributed by atoms with van der Waals surface area (Å²) in [4.78, 5) is 16.8. The van der Waals surface area contributed by atoms with Gasteiger partial charge in [0.2, 0.25) is 5.91 Å². The van der Waals surface area contributed by atoms with Gasteiger partial charge in [-0.25, -0.2) is 0 Å². The molecule has 1 amide bonds. The van der Waals surface area contributed by atoms with Crippen LogP contribution in [-0.4, -0.2) is 33.7 Å². The van der Waals surface area contributed by atoms with Crippen LogP contribution in [0.25, 0.3) is 0 Å². The average Bonchev–Trinajstić information content (AvgIpc) is 3.11. The van der Waals surface area contributed by atoms with E-state index in [0.29, 0.717) is 12.5 Å². The maximum Gasteiger partial charge on any atom is 0.227 e. The molecule has 0 saturated carbocycles. The fourth-order valence-electron chi connectivity index (χ4n) is 2.73. The highest BCUT2D eigenvalue weighted by molar-refractivity contribution is 7.12. The fourth-order valence-corrected chi connectivity index (χ4v) is 3.62. The van der Waals surface area contributed by atoms with Gasteiger partial charge >= 0.3 is 0 Å². The Kier molecular flexibility index (Phi) is 3.87. The van der Waals surface area contributed by atoms with E-state index in [1.54, 1.807) is 17.5 Å². The zero-order valence-electron chi connectivity index (χ0n) is 11.7. The summed E-state index contributed by atoms with van der Waals surface area (Å²) in [5, 5.41) is 4.30. The number of likely N-dealkylation sites (tertiary alicyclic amines) is 1. The molecule has 106 valence electrons. The van der Waals surface area contributed by atoms with Crippen LogP contribution in [0.15, 0.2) is 30.6 Å². The van der Waals surface area contributed by atoms with Crippen LogP contribution in [0.4, 0.5) is 0 Å². The Balaban J connectivity index is 1.63. The lowest BCUT2D eigenvalue weighted by Gasteiger charge is -2.32. The molecule has 4 nitrogen and oxygen atoms in total. The second kappa shape index (κ2) is 5.79. The van der Waals surface area contributed by atoms with Gasteiger partial charge in [-0.15, -0.1) is 11.3 Å². The first-order valence-corrected chi connectivity index (χ1v) is 7.86. The molecule has 0 aliphatic carbocycles. The Bertz CT molecular complexity index is 576. The summed E-state index contributed by atoms with van der Waals surface area (Å²) in [5.74, 6) is 0.240. The first-order valence-electron chi connectivity index (χ1n) is 7.04. The summed E-state index contributed by atoms with van der Waals surface area (Å²) < 4.78 is 1.98. The number of nitrogens with zero attached hydrogens (tertiary/aromatic N) is 3. The number of carbonyl (C=O) groups is 1. The molecule has 0 radical (unpaired) electrons. The van der Waals surface area contributed by atoms with Crippen molar-refractivity contribution in [1.82, 2.24) is 14.7 Å². The van der Waals surface area contributed by atoms with Crippen molar-refractivity contribution in [3.05, 3.63) is 40.3 Å². The number of carbonyl (C=O) groups excluding carboxylic acids is 1. The highest BCUT2D eigenvalue weighted by atomic mass is 32.1. The van der Waals surface area contributed by atoms with Gasteiger partial charge in [-0.1, -0.05) is 0 Å². The molecule has 2 aromatic heterocycles. The van der Waals surface area contributed by atoms with Gasteiger partial charge in [0, 0.05) is 35.2 Å². The summed E-state index contributed by atoms with van der Waals surface area (Å²) in [6.07, 6.45) is 6.48. The number of aryl methyl sites for hydroxylation is 1. The van der Waals surface area contributed by atoms with E-state index in [2.05, 4.69) is 24.2 Å². The fraction of sp³-hybridized carbons (Fsp3) is 0.467. The van der Waals surface area contributed by atoms with E-state index >= 15 is 0 Å². The van der Waals surface area contributed by atoms with Gasteiger partial charge in [-0.3, -0.25) is 9.48 Å². The van der Waals surface area contributed by atoms with Crippen LogP contribution in [0.1, 0.15) is 28.6 Å². The third-order valence-corrected chi connectivity index (χ3v) is 4.77. The zero-order valence-corrected chi connectivity index (χ0v) is 12.5. The van der Waals surface area contributed by atoms with Crippen molar-refractivity contribution in [3.63, 3.8) is 0 Å². The molecule has 2 aromatic rings. The molecule has 5 heteroatoms. The normalized spacial score (nSPS) is 19.2. The Morgan fingerprint density at radius 3 is 3.10 bits per heavy atom. The number of thiophene rings is 1. The Morgan fingerprint density at radius 2 is 2.40 bits per heavy atom. The van der Waals surface area contributed by atoms with E-state index in [0.717, 1.165) is 30.8 Å². The molecule has 0 unspecified atom stereocenters. The van der Waals surface area contributed by atoms with E-state index in [1.165, 1.54) is 4.88 Å². The van der Waals surface area contributed by atoms with Crippen molar-refractivity contribution in [2.24, 2.45) is 0 Å². The predicted molar refractivity (Wildman–Crippen MR) is 79.8 cm³/mol. The number of piperidine rings is 1. The first-order chi connectivity index (χ1) is 9.72. The van der Waals surface area contributed by atoms with Gasteiger partial charge in [0.25, 0.3) is 0 Å². The van der Waals surface area contributed by atoms with E-state index in [4.69, 9.17) is 0 Å². The molecule has 1 aliphatic rings. The average molecular weight is 289 g/mol. The minimum Gasteiger partial charge on any atom is -0.340 e. The molecule has 0 spiro atoms. The van der Waals surface area contributed by atoms with Crippen molar-refractivity contribution >= 4 is 17.2 Å². The Morgan fingerprint density at radius 1 is 1.50 bits per heavy atom. The topological polar surface area (TPSA) is 38.1 Å². The molecular weight excluding hydrogens is 270 g/mol. The standard InChI is InChI=1S/C15H19N3OS/c1-12-5-6-14(20-12)10-15(19)17-8-2-4-13(11-17)18-9-3-7-16-18/h3,5-7,9,13H,2,4,8,10-11H2,1H3/t13-/m0/s1. The molecule has 1 atom stereocenters. The third kappa shape index (κ3) is 2.93. The summed E-state index contributed by atoms with van der Waals surface area (Å²) in [7, 11) is 0. The molecule has 3 heterocycles. The minimum atomic E-state index is 0.240. The molecular formula is C15H19N3OS. The molecule has 0 bridgehead atoms. The molecule has 0 N–H and O–H groups in total. The third-order valence-electron chi connectivity index (χ3n) is 3.77. The van der Waals surface area contributed by atoms with Crippen molar-refractivity contribution in [2.75, 3.05) is 13.1 Å². The number of amides is 1. The van der Waals surface area contributed by atoms with Crippen molar-refractivity contribution in [3.8, 4) is 0 Å². The van der Waals surface area contributed by atoms with Crippen molar-refractivity contribution in [1.29, 1.82) is 0 Å². The maximum atomic E-state index is 12.4. The van der Waals surface area contributed by atoms with Gasteiger partial charge in [-0.2, -0.15) is 5.10 Å². The second-order valence-corrected chi connectivity index (χ2v) is 6.68. The molecule has 3 rings (SSSR count). The quantitative estimate of drug-likeness (QED) is 0.871. The van der Waals surface area contributed by atoms with Crippen LogP contribution in [0, 0.1) is 6.92 Å². The van der Waals surface area contributed by atoms with Gasteiger partial charge < -0.3 is 4.90 Å². The molecule has 1 fully saturated rings. The Labute approximate surface area is 123 Å². The van der Waals surface area contributed by atoms with Crippen LogP contribution in [0.3, 0.4) is 0 Å². The first kappa shape index (κ1) is 13.4. The number of hydrogen-bond acceptors (Lipinski definition) is 3. The number of rotatable bonds is 3. The van der Waals surface area contributed by atoms with Crippen LogP contribution < -0.4 is 0 Å². The van der Waals surface area contributed by atoms with Gasteiger partial charge in [0.1, 0.15) is 0 Å². The van der Waals surface area contributed by atoms with Crippen molar-refractivity contribution < 1.29 is 4.79 Å². The van der Waals surface area contributed by atoms with E-state index in [-0.39, 0.29) is 5.91 Å². The van der Waals surface area contributed by atoms with Crippen molar-refractivity contribution in [2.45, 2.75) is 32.2 Å². The van der Waals surface area contributed by atoms with E-state index < -0.39 is 0 Å². The van der Waals surface area contributed by atoms with Crippen LogP contribution in [0.5, 0.6) is 0 Å². The van der Waals surface area contributed by atoms with Gasteiger partial charge in [0.15, 0.2) is 0 Å². The van der Waals surface area contributed by atoms with Crippen LogP contribution in [0.2, 0.25) is 0 Å². The largest absolute Gasteiger partial charge is 0.340 e. The highest BCUT2D eigenvalue weighted by Gasteiger charge is 2.25. The summed E-state index contributed by atoms with van der Waals surface area (Å²) in [6.45, 7) is 3.74. The summed E-state index contributed by atoms with van der Waals surface area (Å²) >= 11 is 1.71.